The summed E-state index contributed by atoms with van der Waals surface area (Å²) in [4.78, 5) is 16.9. The second-order valence-corrected chi connectivity index (χ2v) is 6.08. The van der Waals surface area contributed by atoms with Gasteiger partial charge in [0.2, 0.25) is 5.91 Å². The van der Waals surface area contributed by atoms with E-state index in [9.17, 15) is 4.79 Å². The summed E-state index contributed by atoms with van der Waals surface area (Å²) in [6.07, 6.45) is 0.544. The van der Waals surface area contributed by atoms with Crippen molar-refractivity contribution in [3.05, 3.63) is 65.7 Å². The highest BCUT2D eigenvalue weighted by Crippen LogP contribution is 2.17. The van der Waals surface area contributed by atoms with E-state index >= 15 is 0 Å². The van der Waals surface area contributed by atoms with Gasteiger partial charge in [-0.05, 0) is 43.7 Å². The Morgan fingerprint density at radius 2 is 1.71 bits per heavy atom. The van der Waals surface area contributed by atoms with Gasteiger partial charge in [0.15, 0.2) is 0 Å². The lowest BCUT2D eigenvalue weighted by molar-refractivity contribution is -0.118. The summed E-state index contributed by atoms with van der Waals surface area (Å²) < 4.78 is 0. The number of nitrogens with zero attached hydrogens (tertiary/aromatic N) is 2. The minimum absolute atomic E-state index is 0.189. The molecular formula is C21H28N2O. The van der Waals surface area contributed by atoms with Crippen molar-refractivity contribution in [3.8, 4) is 0 Å². The molecule has 0 fully saturated rings. The molecule has 0 aliphatic rings. The summed E-state index contributed by atoms with van der Waals surface area (Å²) in [5.74, 6) is 0.189. The largest absolute Gasteiger partial charge is 0.313 e. The number of hydrogen-bond acceptors (Lipinski definition) is 2. The summed E-state index contributed by atoms with van der Waals surface area (Å²) in [6.45, 7) is 9.55. The molecule has 128 valence electrons. The normalized spacial score (nSPS) is 10.8. The van der Waals surface area contributed by atoms with Crippen LogP contribution in [-0.4, -0.2) is 30.4 Å². The molecule has 0 saturated carbocycles. The number of hydrogen-bond donors (Lipinski definition) is 0. The van der Waals surface area contributed by atoms with Crippen LogP contribution < -0.4 is 4.90 Å². The monoisotopic (exact) mass is 324 g/mol. The van der Waals surface area contributed by atoms with E-state index in [1.165, 1.54) is 11.1 Å². The van der Waals surface area contributed by atoms with Gasteiger partial charge in [0.05, 0.1) is 0 Å². The molecule has 3 heteroatoms. The standard InChI is InChI=1S/C21H28N2O/c1-4-22(17-19-11-7-6-8-12-19)15-14-21(24)23(5-2)20-13-9-10-18(3)16-20/h6-13,16H,4-5,14-15,17H2,1-3H3. The average Bonchev–Trinajstić information content (AvgIpc) is 2.60. The summed E-state index contributed by atoms with van der Waals surface area (Å²) >= 11 is 0. The minimum atomic E-state index is 0.189. The van der Waals surface area contributed by atoms with Crippen molar-refractivity contribution in [1.82, 2.24) is 4.90 Å². The van der Waals surface area contributed by atoms with Crippen molar-refractivity contribution >= 4 is 11.6 Å². The molecule has 0 atom stereocenters. The van der Waals surface area contributed by atoms with Gasteiger partial charge in [-0.15, -0.1) is 0 Å². The van der Waals surface area contributed by atoms with Crippen molar-refractivity contribution in [2.24, 2.45) is 0 Å². The Bertz CT molecular complexity index is 639. The lowest BCUT2D eigenvalue weighted by Crippen LogP contribution is -2.34. The fraction of sp³-hybridized carbons (Fsp3) is 0.381. The molecule has 0 bridgehead atoms. The highest BCUT2D eigenvalue weighted by molar-refractivity contribution is 5.93. The SMILES string of the molecule is CCN(CCC(=O)N(CC)c1cccc(C)c1)Cc1ccccc1. The first-order valence-electron chi connectivity index (χ1n) is 8.77. The summed E-state index contributed by atoms with van der Waals surface area (Å²) in [6, 6.07) is 18.6. The van der Waals surface area contributed by atoms with Gasteiger partial charge in [-0.2, -0.15) is 0 Å². The zero-order valence-electron chi connectivity index (χ0n) is 15.0. The molecule has 0 N–H and O–H groups in total. The lowest BCUT2D eigenvalue weighted by atomic mass is 10.2. The summed E-state index contributed by atoms with van der Waals surface area (Å²) in [7, 11) is 0. The van der Waals surface area contributed by atoms with Gasteiger partial charge < -0.3 is 4.90 Å². The molecule has 0 aliphatic heterocycles. The number of aryl methyl sites for hydroxylation is 1. The van der Waals surface area contributed by atoms with Crippen LogP contribution in [0.4, 0.5) is 5.69 Å². The van der Waals surface area contributed by atoms with E-state index in [0.717, 1.165) is 25.3 Å². The first kappa shape index (κ1) is 18.2. The zero-order chi connectivity index (χ0) is 17.4. The van der Waals surface area contributed by atoms with Crippen LogP contribution in [0, 0.1) is 6.92 Å². The van der Waals surface area contributed by atoms with Crippen molar-refractivity contribution in [2.75, 3.05) is 24.5 Å². The second kappa shape index (κ2) is 9.24. The van der Waals surface area contributed by atoms with Gasteiger partial charge in [-0.25, -0.2) is 0 Å². The molecule has 2 aromatic rings. The molecule has 3 nitrogen and oxygen atoms in total. The molecule has 2 rings (SSSR count). The van der Waals surface area contributed by atoms with Gasteiger partial charge in [0, 0.05) is 31.7 Å². The van der Waals surface area contributed by atoms with E-state index < -0.39 is 0 Å². The Balaban J connectivity index is 1.94. The second-order valence-electron chi connectivity index (χ2n) is 6.08. The Labute approximate surface area is 145 Å². The van der Waals surface area contributed by atoms with Crippen LogP contribution in [0.3, 0.4) is 0 Å². The fourth-order valence-electron chi connectivity index (χ4n) is 2.88. The van der Waals surface area contributed by atoms with Crippen LogP contribution in [0.1, 0.15) is 31.4 Å². The Morgan fingerprint density at radius 3 is 2.33 bits per heavy atom. The quantitative estimate of drug-likeness (QED) is 0.724. The predicted molar refractivity (Wildman–Crippen MR) is 101 cm³/mol. The third kappa shape index (κ3) is 5.20. The molecule has 0 spiro atoms. The van der Waals surface area contributed by atoms with Crippen LogP contribution in [-0.2, 0) is 11.3 Å². The maximum Gasteiger partial charge on any atom is 0.228 e. The van der Waals surface area contributed by atoms with Gasteiger partial charge in [0.1, 0.15) is 0 Å². The molecule has 0 aromatic heterocycles. The Hall–Kier alpha value is -2.13. The van der Waals surface area contributed by atoms with Crippen molar-refractivity contribution in [1.29, 1.82) is 0 Å². The van der Waals surface area contributed by atoms with Gasteiger partial charge in [-0.1, -0.05) is 49.4 Å². The molecule has 24 heavy (non-hydrogen) atoms. The number of benzene rings is 2. The van der Waals surface area contributed by atoms with E-state index in [1.807, 2.05) is 30.0 Å². The van der Waals surface area contributed by atoms with Crippen molar-refractivity contribution in [3.63, 3.8) is 0 Å². The number of anilines is 1. The molecule has 1 amide bonds. The fourth-order valence-corrected chi connectivity index (χ4v) is 2.88. The van der Waals surface area contributed by atoms with Gasteiger partial charge in [0.25, 0.3) is 0 Å². The number of carbonyl (C=O) groups excluding carboxylic acids is 1. The van der Waals surface area contributed by atoms with E-state index in [1.54, 1.807) is 0 Å². The van der Waals surface area contributed by atoms with E-state index in [0.29, 0.717) is 13.0 Å². The highest BCUT2D eigenvalue weighted by Gasteiger charge is 2.15. The number of rotatable bonds is 8. The third-order valence-corrected chi connectivity index (χ3v) is 4.27. The first-order valence-corrected chi connectivity index (χ1v) is 8.77. The maximum absolute atomic E-state index is 12.7. The van der Waals surface area contributed by atoms with E-state index in [-0.39, 0.29) is 5.91 Å². The number of amides is 1. The van der Waals surface area contributed by atoms with Crippen LogP contribution >= 0.6 is 0 Å². The molecular weight excluding hydrogens is 296 g/mol. The van der Waals surface area contributed by atoms with E-state index in [4.69, 9.17) is 0 Å². The zero-order valence-corrected chi connectivity index (χ0v) is 15.0. The number of carbonyl (C=O) groups is 1. The highest BCUT2D eigenvalue weighted by atomic mass is 16.2. The minimum Gasteiger partial charge on any atom is -0.313 e. The molecule has 0 heterocycles. The maximum atomic E-state index is 12.7. The van der Waals surface area contributed by atoms with Gasteiger partial charge >= 0.3 is 0 Å². The van der Waals surface area contributed by atoms with E-state index in [2.05, 4.69) is 55.1 Å². The van der Waals surface area contributed by atoms with Crippen LogP contribution in [0.2, 0.25) is 0 Å². The van der Waals surface area contributed by atoms with Gasteiger partial charge in [-0.3, -0.25) is 9.69 Å². The first-order chi connectivity index (χ1) is 11.6. The Kier molecular flexibility index (Phi) is 7.01. The smallest absolute Gasteiger partial charge is 0.228 e. The molecule has 0 saturated heterocycles. The predicted octanol–water partition coefficient (Wildman–Crippen LogP) is 4.26. The topological polar surface area (TPSA) is 23.6 Å². The van der Waals surface area contributed by atoms with Crippen molar-refractivity contribution in [2.45, 2.75) is 33.7 Å². The Morgan fingerprint density at radius 1 is 0.958 bits per heavy atom. The lowest BCUT2D eigenvalue weighted by Gasteiger charge is -2.24. The van der Waals surface area contributed by atoms with Crippen LogP contribution in [0.15, 0.2) is 54.6 Å². The molecule has 0 unspecified atom stereocenters. The third-order valence-electron chi connectivity index (χ3n) is 4.27. The average molecular weight is 324 g/mol. The van der Waals surface area contributed by atoms with Crippen LogP contribution in [0.25, 0.3) is 0 Å². The molecule has 0 radical (unpaired) electrons. The van der Waals surface area contributed by atoms with Crippen molar-refractivity contribution < 1.29 is 4.79 Å². The van der Waals surface area contributed by atoms with Crippen LogP contribution in [0.5, 0.6) is 0 Å². The molecule has 2 aromatic carbocycles. The molecule has 0 aliphatic carbocycles. The summed E-state index contributed by atoms with van der Waals surface area (Å²) in [5.41, 5.74) is 3.46. The summed E-state index contributed by atoms with van der Waals surface area (Å²) in [5, 5.41) is 0.